The van der Waals surface area contributed by atoms with Crippen LogP contribution in [0.5, 0.6) is 0 Å². The Morgan fingerprint density at radius 3 is 2.19 bits per heavy atom. The number of hydrogen-bond donors (Lipinski definition) is 7. The lowest BCUT2D eigenvalue weighted by Gasteiger charge is -2.41. The van der Waals surface area contributed by atoms with Crippen LogP contribution >= 0.6 is 0 Å². The molecule has 7 unspecified atom stereocenters. The molecule has 2 aliphatic rings. The fourth-order valence-electron chi connectivity index (χ4n) is 10.1. The molecule has 1 fully saturated rings. The van der Waals surface area contributed by atoms with Crippen LogP contribution in [-0.2, 0) is 46.7 Å². The first-order valence-corrected chi connectivity index (χ1v) is 27.7. The molecule has 24 heteroatoms. The lowest BCUT2D eigenvalue weighted by Crippen LogP contribution is -2.58. The van der Waals surface area contributed by atoms with Gasteiger partial charge < -0.3 is 56.9 Å². The summed E-state index contributed by atoms with van der Waals surface area (Å²) in [5.41, 5.74) is 12.5. The van der Waals surface area contributed by atoms with Crippen molar-refractivity contribution < 1.29 is 61.4 Å². The van der Waals surface area contributed by atoms with Gasteiger partial charge in [-0.05, 0) is 111 Å². The van der Waals surface area contributed by atoms with Gasteiger partial charge in [0.15, 0.2) is 0 Å². The number of nitrogens with two attached hydrogens (primary N) is 2. The van der Waals surface area contributed by atoms with E-state index in [1.165, 1.54) is 47.1 Å². The number of halogens is 3. The van der Waals surface area contributed by atoms with E-state index in [1.54, 1.807) is 67.9 Å². The fraction of sp³-hybridized carbons (Fsp3) is 0.475. The first-order chi connectivity index (χ1) is 39.2. The largest absolute Gasteiger partial charge is 0.445 e. The predicted molar refractivity (Wildman–Crippen MR) is 302 cm³/mol. The second kappa shape index (κ2) is 28.7. The zero-order valence-corrected chi connectivity index (χ0v) is 47.8. The third kappa shape index (κ3) is 17.2. The lowest BCUT2D eigenvalue weighted by molar-refractivity contribution is -0.146. The molecule has 1 aromatic heterocycles. The fourth-order valence-corrected chi connectivity index (χ4v) is 10.1. The topological polar surface area (TPSA) is 294 Å². The standard InChI is InChI=1S/C59H76F3N11O10/c1-34(2)50(69-54(78)47(15-8-9-24-63)73-48(75)22-23-49(73)76)55(79)68-45(14-11-25-65-57(64)81)53(77)66-41-19-17-37(18-20-41)33-83-58(82)71-29-39(44(62)31-71)30-72(56(80)36(4)74)51(59(5,6)7)52-67-46(42-26-35(3)16-21-43(42)61)32-70(52)28-38-12-10-13-40(60)27-38/h10,12-13,16-23,26-27,32,34,36,39,44-45,47,50-51,74H,8-9,11,14-15,24-25,28-31,33,63H2,1-7H3,(H,66,77)(H,68,79)(H,69,78)(H3,64,65,81). The van der Waals surface area contributed by atoms with Gasteiger partial charge in [0.1, 0.15) is 54.5 Å². The van der Waals surface area contributed by atoms with Gasteiger partial charge in [-0.25, -0.2) is 27.7 Å². The van der Waals surface area contributed by atoms with E-state index in [2.05, 4.69) is 21.3 Å². The Morgan fingerprint density at radius 1 is 0.867 bits per heavy atom. The number of imidazole rings is 1. The molecule has 0 radical (unpaired) electrons. The third-order valence-electron chi connectivity index (χ3n) is 14.3. The van der Waals surface area contributed by atoms with Crippen molar-refractivity contribution in [1.29, 1.82) is 0 Å². The van der Waals surface area contributed by atoms with Crippen LogP contribution in [0, 0.1) is 35.8 Å². The number of amides is 9. The van der Waals surface area contributed by atoms with Crippen LogP contribution in [0.3, 0.4) is 0 Å². The Bertz CT molecular complexity index is 3000. The summed E-state index contributed by atoms with van der Waals surface area (Å²) in [6.07, 6.45) is 0.957. The molecule has 448 valence electrons. The van der Waals surface area contributed by atoms with Crippen LogP contribution in [0.15, 0.2) is 85.1 Å². The summed E-state index contributed by atoms with van der Waals surface area (Å²) < 4.78 is 53.5. The number of primary amides is 1. The molecule has 3 heterocycles. The normalized spacial score (nSPS) is 17.0. The summed E-state index contributed by atoms with van der Waals surface area (Å²) in [7, 11) is 0. The SMILES string of the molecule is Cc1ccc(F)c(-c2cn(Cc3cccc(F)c3)c(C(N(CC3CN(C(=O)OCc4ccc(NC(=O)C(CCCNC(N)=O)NC(=O)C(NC(=O)C(CCCCN)N5C(=O)C=CC5=O)C(C)C)cc4)CC3F)C(=O)C(C)O)C(C)(C)C)n2)c1. The average Bonchev–Trinajstić information content (AvgIpc) is 4.21. The number of carbonyl (C=O) groups excluding carboxylic acids is 8. The zero-order valence-electron chi connectivity index (χ0n) is 47.8. The molecule has 0 saturated carbocycles. The van der Waals surface area contributed by atoms with E-state index in [9.17, 15) is 47.9 Å². The van der Waals surface area contributed by atoms with E-state index in [-0.39, 0.29) is 81.4 Å². The molecule has 7 atom stereocenters. The van der Waals surface area contributed by atoms with Crippen molar-refractivity contribution in [2.24, 2.45) is 28.7 Å². The highest BCUT2D eigenvalue weighted by molar-refractivity contribution is 6.15. The highest BCUT2D eigenvalue weighted by Gasteiger charge is 2.45. The van der Waals surface area contributed by atoms with Gasteiger partial charge >= 0.3 is 12.1 Å². The molecule has 0 spiro atoms. The number of alkyl halides is 1. The molecule has 0 bridgehead atoms. The number of nitrogens with zero attached hydrogens (tertiary/aromatic N) is 5. The molecule has 4 aromatic rings. The third-order valence-corrected chi connectivity index (χ3v) is 14.3. The van der Waals surface area contributed by atoms with E-state index in [0.717, 1.165) is 22.6 Å². The smallest absolute Gasteiger partial charge is 0.410 e. The van der Waals surface area contributed by atoms with Crippen molar-refractivity contribution in [3.63, 3.8) is 0 Å². The van der Waals surface area contributed by atoms with Gasteiger partial charge in [0.2, 0.25) is 17.7 Å². The maximum absolute atomic E-state index is 16.3. The summed E-state index contributed by atoms with van der Waals surface area (Å²) in [5.74, 6) is -6.45. The second-order valence-electron chi connectivity index (χ2n) is 22.5. The lowest BCUT2D eigenvalue weighted by atomic mass is 9.84. The number of unbranched alkanes of at least 4 members (excludes halogenated alkanes) is 1. The number of urea groups is 1. The van der Waals surface area contributed by atoms with Crippen LogP contribution in [0.1, 0.15) is 102 Å². The van der Waals surface area contributed by atoms with E-state index >= 15 is 8.78 Å². The van der Waals surface area contributed by atoms with Crippen LogP contribution < -0.4 is 32.7 Å². The van der Waals surface area contributed by atoms with Crippen molar-refractivity contribution in [2.45, 2.75) is 130 Å². The van der Waals surface area contributed by atoms with Gasteiger partial charge in [-0.2, -0.15) is 0 Å². The predicted octanol–water partition coefficient (Wildman–Crippen LogP) is 5.52. The first-order valence-electron chi connectivity index (χ1n) is 27.7. The Morgan fingerprint density at radius 2 is 1.57 bits per heavy atom. The number of aliphatic hydroxyl groups is 1. The molecule has 2 aliphatic heterocycles. The van der Waals surface area contributed by atoms with Gasteiger partial charge in [0.05, 0.1) is 18.3 Å². The minimum absolute atomic E-state index is 0.0129. The summed E-state index contributed by atoms with van der Waals surface area (Å²) in [5, 5.41) is 21.4. The molecule has 6 rings (SSSR count). The van der Waals surface area contributed by atoms with Crippen LogP contribution in [0.25, 0.3) is 11.3 Å². The molecular weight excluding hydrogens is 1080 g/mol. The van der Waals surface area contributed by atoms with E-state index < -0.39 is 113 Å². The zero-order chi connectivity index (χ0) is 60.9. The maximum atomic E-state index is 16.3. The maximum Gasteiger partial charge on any atom is 0.410 e. The number of imide groups is 1. The Kier molecular flexibility index (Phi) is 22.2. The molecule has 9 amide bonds. The minimum Gasteiger partial charge on any atom is -0.445 e. The number of nitrogens with one attached hydrogen (secondary N) is 4. The number of likely N-dealkylation sites (tertiary alicyclic amines) is 1. The number of rotatable bonds is 26. The van der Waals surface area contributed by atoms with Crippen molar-refractivity contribution >= 4 is 53.3 Å². The Hall–Kier alpha value is -8.12. The van der Waals surface area contributed by atoms with Crippen molar-refractivity contribution in [3.05, 3.63) is 119 Å². The quantitative estimate of drug-likeness (QED) is 0.0302. The molecule has 83 heavy (non-hydrogen) atoms. The Balaban J connectivity index is 1.12. The number of anilines is 1. The average molecular weight is 1160 g/mol. The van der Waals surface area contributed by atoms with Gasteiger partial charge in [0, 0.05) is 61.7 Å². The van der Waals surface area contributed by atoms with Crippen molar-refractivity contribution in [2.75, 3.05) is 38.0 Å². The van der Waals surface area contributed by atoms with Crippen molar-refractivity contribution in [3.8, 4) is 11.3 Å². The number of benzene rings is 3. The van der Waals surface area contributed by atoms with E-state index in [1.807, 2.05) is 20.8 Å². The summed E-state index contributed by atoms with van der Waals surface area (Å²) in [6.45, 7) is 11.3. The highest BCUT2D eigenvalue weighted by atomic mass is 19.1. The van der Waals surface area contributed by atoms with Gasteiger partial charge in [-0.1, -0.05) is 70.5 Å². The van der Waals surface area contributed by atoms with Gasteiger partial charge in [0.25, 0.3) is 17.7 Å². The molecule has 21 nitrogen and oxygen atoms in total. The number of aromatic nitrogens is 2. The monoisotopic (exact) mass is 1160 g/mol. The number of aryl methyl sites for hydroxylation is 1. The van der Waals surface area contributed by atoms with Crippen molar-refractivity contribution in [1.82, 2.24) is 40.2 Å². The summed E-state index contributed by atoms with van der Waals surface area (Å²) >= 11 is 0. The summed E-state index contributed by atoms with van der Waals surface area (Å²) in [4.78, 5) is 114. The molecule has 3 aromatic carbocycles. The Labute approximate surface area is 480 Å². The van der Waals surface area contributed by atoms with E-state index in [0.29, 0.717) is 30.5 Å². The number of carbonyl (C=O) groups is 8. The van der Waals surface area contributed by atoms with Crippen LogP contribution in [0.2, 0.25) is 0 Å². The van der Waals surface area contributed by atoms with E-state index in [4.69, 9.17) is 21.2 Å². The van der Waals surface area contributed by atoms with Gasteiger partial charge in [-0.15, -0.1) is 0 Å². The minimum atomic E-state index is -1.64. The first kappa shape index (κ1) is 64.1. The number of aliphatic hydroxyl groups excluding tert-OH is 1. The molecule has 0 aliphatic carbocycles. The number of ether oxygens (including phenoxy) is 1. The van der Waals surface area contributed by atoms with Gasteiger partial charge in [-0.3, -0.25) is 33.7 Å². The molecule has 9 N–H and O–H groups in total. The molecular formula is C59H76F3N11O10. The second-order valence-corrected chi connectivity index (χ2v) is 22.5. The highest BCUT2D eigenvalue weighted by Crippen LogP contribution is 2.41. The van der Waals surface area contributed by atoms with Crippen LogP contribution in [0.4, 0.5) is 28.4 Å². The number of hydrogen-bond acceptors (Lipinski definition) is 12. The van der Waals surface area contributed by atoms with Crippen LogP contribution in [-0.4, -0.2) is 140 Å². The molecule has 1 saturated heterocycles. The summed E-state index contributed by atoms with van der Waals surface area (Å²) in [6, 6.07) is 11.3.